The summed E-state index contributed by atoms with van der Waals surface area (Å²) >= 11 is 0. The van der Waals surface area contributed by atoms with Crippen molar-refractivity contribution in [2.24, 2.45) is 5.84 Å². The van der Waals surface area contributed by atoms with Gasteiger partial charge in [-0.3, -0.25) is 10.2 Å². The van der Waals surface area contributed by atoms with Crippen LogP contribution in [0.15, 0.2) is 42.5 Å². The molecule has 0 saturated carbocycles. The minimum absolute atomic E-state index is 0.218. The standard InChI is InChI=1S/C23H29N5O2/c1-5-6-9-17(23(29)27-24)19-14-16(12-13-21(19)30-4)28(3)22-18-10-7-8-11-20(18)25-15(2)26-22/h7-8,10-14,17H,5-6,9,24H2,1-4H3,(H,27,29). The maximum atomic E-state index is 12.5. The highest BCUT2D eigenvalue weighted by molar-refractivity contribution is 5.91. The molecule has 7 heteroatoms. The van der Waals surface area contributed by atoms with Crippen molar-refractivity contribution in [2.45, 2.75) is 39.0 Å². The van der Waals surface area contributed by atoms with Crippen LogP contribution in [0.4, 0.5) is 11.5 Å². The molecule has 0 bridgehead atoms. The zero-order valence-corrected chi connectivity index (χ0v) is 18.0. The molecule has 7 nitrogen and oxygen atoms in total. The molecule has 0 aliphatic carbocycles. The van der Waals surface area contributed by atoms with Gasteiger partial charge >= 0.3 is 0 Å². The summed E-state index contributed by atoms with van der Waals surface area (Å²) in [5.74, 6) is 7.05. The zero-order valence-electron chi connectivity index (χ0n) is 18.0. The maximum absolute atomic E-state index is 12.5. The molecule has 0 spiro atoms. The van der Waals surface area contributed by atoms with E-state index in [1.807, 2.05) is 61.3 Å². The van der Waals surface area contributed by atoms with E-state index in [-0.39, 0.29) is 11.8 Å². The number of hydrogen-bond acceptors (Lipinski definition) is 6. The van der Waals surface area contributed by atoms with E-state index in [0.29, 0.717) is 18.0 Å². The maximum Gasteiger partial charge on any atom is 0.241 e. The summed E-state index contributed by atoms with van der Waals surface area (Å²) in [7, 11) is 3.57. The predicted molar refractivity (Wildman–Crippen MR) is 120 cm³/mol. The van der Waals surface area contributed by atoms with Crippen LogP contribution in [0.5, 0.6) is 5.75 Å². The lowest BCUT2D eigenvalue weighted by Crippen LogP contribution is -2.35. The molecular formula is C23H29N5O2. The van der Waals surface area contributed by atoms with E-state index in [4.69, 9.17) is 10.6 Å². The van der Waals surface area contributed by atoms with E-state index in [1.54, 1.807) is 7.11 Å². The Labute approximate surface area is 177 Å². The fourth-order valence-electron chi connectivity index (χ4n) is 3.69. The highest BCUT2D eigenvalue weighted by atomic mass is 16.5. The number of anilines is 2. The quantitative estimate of drug-likeness (QED) is 0.333. The molecule has 1 aromatic heterocycles. The van der Waals surface area contributed by atoms with Crippen molar-refractivity contribution in [1.29, 1.82) is 0 Å². The molecule has 1 amide bonds. The first kappa shape index (κ1) is 21.5. The predicted octanol–water partition coefficient (Wildman–Crippen LogP) is 3.98. The van der Waals surface area contributed by atoms with Gasteiger partial charge in [-0.1, -0.05) is 31.9 Å². The summed E-state index contributed by atoms with van der Waals surface area (Å²) in [5, 5.41) is 0.963. The summed E-state index contributed by atoms with van der Waals surface area (Å²) in [5.41, 5.74) is 4.92. The number of para-hydroxylation sites is 1. The van der Waals surface area contributed by atoms with Crippen LogP contribution in [0.25, 0.3) is 10.9 Å². The van der Waals surface area contributed by atoms with E-state index in [0.717, 1.165) is 40.8 Å². The Morgan fingerprint density at radius 3 is 2.70 bits per heavy atom. The molecule has 3 N–H and O–H groups in total. The number of carbonyl (C=O) groups excluding carboxylic acids is 1. The van der Waals surface area contributed by atoms with Crippen molar-refractivity contribution >= 4 is 28.3 Å². The van der Waals surface area contributed by atoms with Crippen LogP contribution in [-0.4, -0.2) is 30.0 Å². The number of aryl methyl sites for hydroxylation is 1. The number of benzene rings is 2. The Kier molecular flexibility index (Phi) is 6.84. The second kappa shape index (κ2) is 9.54. The number of hydrogen-bond donors (Lipinski definition) is 2. The van der Waals surface area contributed by atoms with Crippen molar-refractivity contribution in [2.75, 3.05) is 19.1 Å². The van der Waals surface area contributed by atoms with Crippen LogP contribution in [0.1, 0.15) is 43.5 Å². The van der Waals surface area contributed by atoms with Crippen molar-refractivity contribution in [3.63, 3.8) is 0 Å². The molecule has 2 aromatic carbocycles. The molecule has 3 aromatic rings. The zero-order chi connectivity index (χ0) is 21.7. The van der Waals surface area contributed by atoms with Crippen molar-refractivity contribution < 1.29 is 9.53 Å². The Hall–Kier alpha value is -3.19. The van der Waals surface area contributed by atoms with Gasteiger partial charge in [0, 0.05) is 23.7 Å². The van der Waals surface area contributed by atoms with Crippen molar-refractivity contribution in [3.05, 3.63) is 53.9 Å². The van der Waals surface area contributed by atoms with E-state index >= 15 is 0 Å². The van der Waals surface area contributed by atoms with E-state index in [9.17, 15) is 4.79 Å². The van der Waals surface area contributed by atoms with E-state index in [2.05, 4.69) is 22.3 Å². The largest absolute Gasteiger partial charge is 0.496 e. The van der Waals surface area contributed by atoms with Crippen LogP contribution in [0.2, 0.25) is 0 Å². The van der Waals surface area contributed by atoms with Gasteiger partial charge in [-0.15, -0.1) is 0 Å². The van der Waals surface area contributed by atoms with Crippen LogP contribution in [0.3, 0.4) is 0 Å². The number of methoxy groups -OCH3 is 1. The Bertz CT molecular complexity index is 1040. The third kappa shape index (κ3) is 4.36. The molecule has 0 saturated heterocycles. The number of nitrogens with one attached hydrogen (secondary N) is 1. The molecule has 0 aliphatic heterocycles. The lowest BCUT2D eigenvalue weighted by Gasteiger charge is -2.24. The number of nitrogens with zero attached hydrogens (tertiary/aromatic N) is 3. The van der Waals surface area contributed by atoms with Gasteiger partial charge in [-0.2, -0.15) is 0 Å². The first-order valence-corrected chi connectivity index (χ1v) is 10.2. The number of amides is 1. The van der Waals surface area contributed by atoms with Gasteiger partial charge in [-0.05, 0) is 43.7 Å². The molecule has 158 valence electrons. The number of rotatable bonds is 8. The third-order valence-corrected chi connectivity index (χ3v) is 5.29. The molecular weight excluding hydrogens is 378 g/mol. The minimum Gasteiger partial charge on any atom is -0.496 e. The number of unbranched alkanes of at least 4 members (excludes halogenated alkanes) is 1. The molecule has 0 radical (unpaired) electrons. The summed E-state index contributed by atoms with van der Waals surface area (Å²) in [4.78, 5) is 23.8. The van der Waals surface area contributed by atoms with Crippen molar-refractivity contribution in [1.82, 2.24) is 15.4 Å². The average molecular weight is 408 g/mol. The topological polar surface area (TPSA) is 93.4 Å². The van der Waals surface area contributed by atoms with Crippen LogP contribution in [-0.2, 0) is 4.79 Å². The molecule has 0 fully saturated rings. The number of ether oxygens (including phenoxy) is 1. The van der Waals surface area contributed by atoms with Crippen LogP contribution < -0.4 is 20.9 Å². The monoisotopic (exact) mass is 407 g/mol. The molecule has 1 heterocycles. The van der Waals surface area contributed by atoms with Gasteiger partial charge in [0.2, 0.25) is 5.91 Å². The fourth-order valence-corrected chi connectivity index (χ4v) is 3.69. The highest BCUT2D eigenvalue weighted by Crippen LogP contribution is 2.36. The Balaban J connectivity index is 2.09. The number of fused-ring (bicyclic) bond motifs is 1. The fraction of sp³-hybridized carbons (Fsp3) is 0.348. The second-order valence-electron chi connectivity index (χ2n) is 7.30. The SMILES string of the molecule is CCCCC(C(=O)NN)c1cc(N(C)c2nc(C)nc3ccccc23)ccc1OC. The number of carbonyl (C=O) groups is 1. The summed E-state index contributed by atoms with van der Waals surface area (Å²) in [6.45, 7) is 3.98. The van der Waals surface area contributed by atoms with Gasteiger partial charge in [-0.25, -0.2) is 15.8 Å². The summed E-state index contributed by atoms with van der Waals surface area (Å²) in [6, 6.07) is 13.8. The van der Waals surface area contributed by atoms with Gasteiger partial charge in [0.05, 0.1) is 18.5 Å². The summed E-state index contributed by atoms with van der Waals surface area (Å²) in [6.07, 6.45) is 2.60. The smallest absolute Gasteiger partial charge is 0.241 e. The van der Waals surface area contributed by atoms with Crippen LogP contribution >= 0.6 is 0 Å². The molecule has 30 heavy (non-hydrogen) atoms. The van der Waals surface area contributed by atoms with E-state index in [1.165, 1.54) is 0 Å². The van der Waals surface area contributed by atoms with Crippen molar-refractivity contribution in [3.8, 4) is 5.75 Å². The molecule has 3 rings (SSSR count). The van der Waals surface area contributed by atoms with E-state index < -0.39 is 0 Å². The second-order valence-corrected chi connectivity index (χ2v) is 7.30. The van der Waals surface area contributed by atoms with Gasteiger partial charge in [0.25, 0.3) is 0 Å². The van der Waals surface area contributed by atoms with Gasteiger partial charge in [0.15, 0.2) is 0 Å². The molecule has 1 atom stereocenters. The first-order valence-electron chi connectivity index (χ1n) is 10.2. The number of aromatic nitrogens is 2. The lowest BCUT2D eigenvalue weighted by atomic mass is 9.91. The summed E-state index contributed by atoms with van der Waals surface area (Å²) < 4.78 is 5.57. The highest BCUT2D eigenvalue weighted by Gasteiger charge is 2.24. The lowest BCUT2D eigenvalue weighted by molar-refractivity contribution is -0.122. The molecule has 1 unspecified atom stereocenters. The van der Waals surface area contributed by atoms with Gasteiger partial charge < -0.3 is 9.64 Å². The Morgan fingerprint density at radius 2 is 2.00 bits per heavy atom. The first-order chi connectivity index (χ1) is 14.5. The Morgan fingerprint density at radius 1 is 1.23 bits per heavy atom. The van der Waals surface area contributed by atoms with Crippen LogP contribution in [0, 0.1) is 6.92 Å². The number of nitrogens with two attached hydrogens (primary N) is 1. The molecule has 0 aliphatic rings. The number of hydrazine groups is 1. The third-order valence-electron chi connectivity index (χ3n) is 5.29. The van der Waals surface area contributed by atoms with Gasteiger partial charge in [0.1, 0.15) is 17.4 Å². The normalized spacial score (nSPS) is 11.9. The minimum atomic E-state index is -0.387. The average Bonchev–Trinajstić information content (AvgIpc) is 2.77.